The summed E-state index contributed by atoms with van der Waals surface area (Å²) < 4.78 is 7.37. The Morgan fingerprint density at radius 1 is 0.818 bits per heavy atom. The largest absolute Gasteiger partial charge is 0.497 e. The maximum atomic E-state index is 5.31. The van der Waals surface area contributed by atoms with Crippen molar-refractivity contribution in [2.45, 2.75) is 32.4 Å². The zero-order valence-electron chi connectivity index (χ0n) is 19.2. The lowest BCUT2D eigenvalue weighted by molar-refractivity contribution is 0.331. The van der Waals surface area contributed by atoms with Crippen molar-refractivity contribution in [3.63, 3.8) is 0 Å². The first-order chi connectivity index (χ1) is 16.3. The molecule has 0 radical (unpaired) electrons. The number of hydrogen-bond donors (Lipinski definition) is 0. The summed E-state index contributed by atoms with van der Waals surface area (Å²) >= 11 is 0. The van der Waals surface area contributed by atoms with Crippen LogP contribution in [0.2, 0.25) is 0 Å². The molecule has 33 heavy (non-hydrogen) atoms. The first-order valence-electron chi connectivity index (χ1n) is 11.7. The van der Waals surface area contributed by atoms with Gasteiger partial charge in [-0.3, -0.25) is 4.90 Å². The van der Waals surface area contributed by atoms with Crippen molar-refractivity contribution in [3.8, 4) is 28.5 Å². The van der Waals surface area contributed by atoms with Crippen LogP contribution in [0.1, 0.15) is 24.0 Å². The molecule has 5 nitrogen and oxygen atoms in total. The topological polar surface area (TPSA) is 43.2 Å². The van der Waals surface area contributed by atoms with Crippen molar-refractivity contribution in [2.24, 2.45) is 0 Å². The number of benzene rings is 3. The van der Waals surface area contributed by atoms with Crippen LogP contribution in [-0.2, 0) is 19.5 Å². The average Bonchev–Trinajstić information content (AvgIpc) is 3.54. The van der Waals surface area contributed by atoms with E-state index in [0.29, 0.717) is 0 Å². The molecule has 5 heteroatoms. The highest BCUT2D eigenvalue weighted by Crippen LogP contribution is 2.26. The third-order valence-electron chi connectivity index (χ3n) is 6.27. The summed E-state index contributed by atoms with van der Waals surface area (Å²) in [6.07, 6.45) is 3.52. The average molecular weight is 439 g/mol. The summed E-state index contributed by atoms with van der Waals surface area (Å²) in [5.41, 5.74) is 4.74. The van der Waals surface area contributed by atoms with E-state index in [1.165, 1.54) is 37.1 Å². The molecule has 2 heterocycles. The molecule has 0 spiro atoms. The van der Waals surface area contributed by atoms with Crippen LogP contribution < -0.4 is 4.74 Å². The minimum atomic E-state index is 0.741. The molecular formula is C28H30N4O. The summed E-state index contributed by atoms with van der Waals surface area (Å²) in [5, 5.41) is 4.91. The molecule has 0 atom stereocenters. The van der Waals surface area contributed by atoms with E-state index in [9.17, 15) is 0 Å². The van der Waals surface area contributed by atoms with Gasteiger partial charge < -0.3 is 4.74 Å². The monoisotopic (exact) mass is 438 g/mol. The summed E-state index contributed by atoms with van der Waals surface area (Å²) in [7, 11) is 1.68. The van der Waals surface area contributed by atoms with Crippen LogP contribution >= 0.6 is 0 Å². The Hall–Kier alpha value is -3.44. The maximum absolute atomic E-state index is 5.31. The molecule has 0 bridgehead atoms. The van der Waals surface area contributed by atoms with Gasteiger partial charge in [0, 0.05) is 24.2 Å². The standard InChI is InChI=1S/C28H30N4O/c1-33-26-14-12-24(13-15-26)27-29-28(32(30-27)19-16-22-8-3-2-4-9-22)25-11-7-10-23(20-25)21-31-17-5-6-18-31/h2-4,7-15,20H,5-6,16-19,21H2,1H3. The normalized spacial score (nSPS) is 14.0. The Morgan fingerprint density at radius 2 is 1.58 bits per heavy atom. The van der Waals surface area contributed by atoms with Gasteiger partial charge in [0.25, 0.3) is 0 Å². The van der Waals surface area contributed by atoms with Gasteiger partial charge in [-0.05, 0) is 73.8 Å². The van der Waals surface area contributed by atoms with Gasteiger partial charge in [-0.15, -0.1) is 0 Å². The lowest BCUT2D eigenvalue weighted by Gasteiger charge is -2.15. The fourth-order valence-electron chi connectivity index (χ4n) is 4.46. The molecule has 0 aliphatic carbocycles. The molecule has 3 aromatic carbocycles. The molecule has 168 valence electrons. The van der Waals surface area contributed by atoms with Gasteiger partial charge in [0.1, 0.15) is 5.75 Å². The zero-order valence-corrected chi connectivity index (χ0v) is 19.2. The number of hydrogen-bond acceptors (Lipinski definition) is 4. The van der Waals surface area contributed by atoms with E-state index in [-0.39, 0.29) is 0 Å². The van der Waals surface area contributed by atoms with Gasteiger partial charge >= 0.3 is 0 Å². The molecule has 0 saturated carbocycles. The fourth-order valence-corrected chi connectivity index (χ4v) is 4.46. The van der Waals surface area contributed by atoms with E-state index in [2.05, 4.69) is 64.2 Å². The number of methoxy groups -OCH3 is 1. The molecule has 1 saturated heterocycles. The molecule has 4 aromatic rings. The molecule has 0 N–H and O–H groups in total. The van der Waals surface area contributed by atoms with Gasteiger partial charge in [-0.25, -0.2) is 9.67 Å². The Kier molecular flexibility index (Phi) is 6.49. The van der Waals surface area contributed by atoms with Crippen molar-refractivity contribution in [1.29, 1.82) is 0 Å². The second kappa shape index (κ2) is 10.0. The second-order valence-corrected chi connectivity index (χ2v) is 8.63. The van der Waals surface area contributed by atoms with E-state index in [4.69, 9.17) is 14.8 Å². The maximum Gasteiger partial charge on any atom is 0.181 e. The van der Waals surface area contributed by atoms with Gasteiger partial charge in [0.15, 0.2) is 11.6 Å². The van der Waals surface area contributed by atoms with E-state index in [0.717, 1.165) is 48.0 Å². The van der Waals surface area contributed by atoms with Crippen LogP contribution in [0.25, 0.3) is 22.8 Å². The Labute approximate surface area is 195 Å². The molecule has 0 amide bonds. The second-order valence-electron chi connectivity index (χ2n) is 8.63. The number of ether oxygens (including phenoxy) is 1. The van der Waals surface area contributed by atoms with E-state index >= 15 is 0 Å². The predicted molar refractivity (Wildman–Crippen MR) is 132 cm³/mol. The van der Waals surface area contributed by atoms with Crippen molar-refractivity contribution in [3.05, 3.63) is 90.0 Å². The lowest BCUT2D eigenvalue weighted by atomic mass is 10.1. The summed E-state index contributed by atoms with van der Waals surface area (Å²) in [5.74, 6) is 2.49. The first-order valence-corrected chi connectivity index (χ1v) is 11.7. The van der Waals surface area contributed by atoms with Gasteiger partial charge in [0.05, 0.1) is 7.11 Å². The minimum Gasteiger partial charge on any atom is -0.497 e. The molecule has 1 aliphatic rings. The summed E-state index contributed by atoms with van der Waals surface area (Å²) in [6, 6.07) is 27.3. The highest BCUT2D eigenvalue weighted by molar-refractivity contribution is 5.63. The predicted octanol–water partition coefficient (Wildman–Crippen LogP) is 5.46. The van der Waals surface area contributed by atoms with Crippen molar-refractivity contribution in [2.75, 3.05) is 20.2 Å². The first kappa shape index (κ1) is 21.4. The third-order valence-corrected chi connectivity index (χ3v) is 6.27. The smallest absolute Gasteiger partial charge is 0.181 e. The van der Waals surface area contributed by atoms with Gasteiger partial charge in [-0.2, -0.15) is 5.10 Å². The zero-order chi connectivity index (χ0) is 22.5. The van der Waals surface area contributed by atoms with Crippen molar-refractivity contribution >= 4 is 0 Å². The van der Waals surface area contributed by atoms with Crippen LogP contribution in [0.15, 0.2) is 78.9 Å². The number of nitrogens with zero attached hydrogens (tertiary/aromatic N) is 4. The Bertz CT molecular complexity index is 1180. The van der Waals surface area contributed by atoms with Crippen molar-refractivity contribution < 1.29 is 4.74 Å². The van der Waals surface area contributed by atoms with Crippen molar-refractivity contribution in [1.82, 2.24) is 19.7 Å². The van der Waals surface area contributed by atoms with E-state index in [1.807, 2.05) is 24.3 Å². The molecule has 1 aromatic heterocycles. The SMILES string of the molecule is COc1ccc(-c2nc(-c3cccc(CN4CCCC4)c3)n(CCc3ccccc3)n2)cc1. The highest BCUT2D eigenvalue weighted by atomic mass is 16.5. The van der Waals surface area contributed by atoms with Crippen LogP contribution in [0.3, 0.4) is 0 Å². The van der Waals surface area contributed by atoms with Crippen LogP contribution in [0.5, 0.6) is 5.75 Å². The Balaban J connectivity index is 1.46. The fraction of sp³-hybridized carbons (Fsp3) is 0.286. The number of aryl methyl sites for hydroxylation is 2. The third kappa shape index (κ3) is 5.15. The van der Waals surface area contributed by atoms with Crippen LogP contribution in [0.4, 0.5) is 0 Å². The van der Waals surface area contributed by atoms with E-state index in [1.54, 1.807) is 7.11 Å². The highest BCUT2D eigenvalue weighted by Gasteiger charge is 2.16. The quantitative estimate of drug-likeness (QED) is 0.366. The lowest BCUT2D eigenvalue weighted by Crippen LogP contribution is -2.18. The molecular weight excluding hydrogens is 408 g/mol. The number of rotatable bonds is 8. The van der Waals surface area contributed by atoms with Crippen LogP contribution in [0, 0.1) is 0 Å². The number of aromatic nitrogens is 3. The van der Waals surface area contributed by atoms with E-state index < -0.39 is 0 Å². The molecule has 5 rings (SSSR count). The van der Waals surface area contributed by atoms with Gasteiger partial charge in [-0.1, -0.05) is 48.5 Å². The summed E-state index contributed by atoms with van der Waals surface area (Å²) in [6.45, 7) is 4.16. The van der Waals surface area contributed by atoms with Gasteiger partial charge in [0.2, 0.25) is 0 Å². The number of likely N-dealkylation sites (tertiary alicyclic amines) is 1. The molecule has 0 unspecified atom stereocenters. The minimum absolute atomic E-state index is 0.741. The Morgan fingerprint density at radius 3 is 2.33 bits per heavy atom. The molecule has 1 aliphatic heterocycles. The summed E-state index contributed by atoms with van der Waals surface area (Å²) in [4.78, 5) is 7.52. The molecule has 1 fully saturated rings. The van der Waals surface area contributed by atoms with Crippen LogP contribution in [-0.4, -0.2) is 39.9 Å².